The number of nitrogens with zero attached hydrogens (tertiary/aromatic N) is 3. The number of aromatic nitrogens is 2. The Morgan fingerprint density at radius 1 is 1.16 bits per heavy atom. The van der Waals surface area contributed by atoms with Crippen LogP contribution in [0.15, 0.2) is 30.3 Å². The maximum atomic E-state index is 5.63. The van der Waals surface area contributed by atoms with Crippen molar-refractivity contribution >= 4 is 5.82 Å². The SMILES string of the molecule is C[C@@H]1COCCN1c1nc(Cc2ccccc2)nc2c1CCNCC2. The van der Waals surface area contributed by atoms with E-state index in [1.54, 1.807) is 0 Å². The lowest BCUT2D eigenvalue weighted by atomic mass is 10.1. The minimum atomic E-state index is 0.355. The molecule has 25 heavy (non-hydrogen) atoms. The fourth-order valence-corrected chi connectivity index (χ4v) is 3.71. The van der Waals surface area contributed by atoms with Crippen LogP contribution in [0.4, 0.5) is 5.82 Å². The number of hydrogen-bond acceptors (Lipinski definition) is 5. The van der Waals surface area contributed by atoms with Crippen LogP contribution in [0.2, 0.25) is 0 Å². The molecule has 0 unspecified atom stereocenters. The summed E-state index contributed by atoms with van der Waals surface area (Å²) >= 11 is 0. The fourth-order valence-electron chi connectivity index (χ4n) is 3.71. The summed E-state index contributed by atoms with van der Waals surface area (Å²) in [4.78, 5) is 12.4. The molecule has 2 aliphatic heterocycles. The van der Waals surface area contributed by atoms with Gasteiger partial charge in [-0.05, 0) is 25.5 Å². The Labute approximate surface area is 149 Å². The van der Waals surface area contributed by atoms with Gasteiger partial charge in [0.05, 0.1) is 24.9 Å². The molecule has 0 radical (unpaired) electrons. The molecular weight excluding hydrogens is 312 g/mol. The summed E-state index contributed by atoms with van der Waals surface area (Å²) in [7, 11) is 0. The van der Waals surface area contributed by atoms with E-state index in [1.807, 2.05) is 6.07 Å². The molecule has 0 amide bonds. The lowest BCUT2D eigenvalue weighted by Gasteiger charge is -2.36. The molecule has 132 valence electrons. The Hall–Kier alpha value is -1.98. The number of anilines is 1. The summed E-state index contributed by atoms with van der Waals surface area (Å²) < 4.78 is 5.63. The quantitative estimate of drug-likeness (QED) is 0.927. The van der Waals surface area contributed by atoms with Crippen molar-refractivity contribution in [2.24, 2.45) is 0 Å². The highest BCUT2D eigenvalue weighted by Crippen LogP contribution is 2.27. The van der Waals surface area contributed by atoms with Gasteiger partial charge < -0.3 is 15.0 Å². The molecular formula is C20H26N4O. The maximum Gasteiger partial charge on any atom is 0.136 e. The molecule has 0 bridgehead atoms. The number of nitrogens with one attached hydrogen (secondary N) is 1. The van der Waals surface area contributed by atoms with Gasteiger partial charge in [-0.1, -0.05) is 30.3 Å². The standard InChI is InChI=1S/C20H26N4O/c1-15-14-25-12-11-24(15)20-17-7-9-21-10-8-18(17)22-19(23-20)13-16-5-3-2-4-6-16/h2-6,15,21H,7-14H2,1H3/t15-/m1/s1. The normalized spacial score (nSPS) is 20.8. The van der Waals surface area contributed by atoms with E-state index in [4.69, 9.17) is 14.7 Å². The first kappa shape index (κ1) is 16.5. The average Bonchev–Trinajstić information content (AvgIpc) is 2.88. The number of ether oxygens (including phenoxy) is 1. The Balaban J connectivity index is 1.73. The summed E-state index contributed by atoms with van der Waals surface area (Å²) in [5, 5.41) is 3.49. The Bertz CT molecular complexity index is 719. The molecule has 0 spiro atoms. The number of fused-ring (bicyclic) bond motifs is 1. The van der Waals surface area contributed by atoms with Crippen molar-refractivity contribution in [3.8, 4) is 0 Å². The van der Waals surface area contributed by atoms with Crippen LogP contribution in [0.25, 0.3) is 0 Å². The predicted octanol–water partition coefficient (Wildman–Crippen LogP) is 1.98. The molecule has 1 N–H and O–H groups in total. The summed E-state index contributed by atoms with van der Waals surface area (Å²) in [6.07, 6.45) is 2.76. The van der Waals surface area contributed by atoms with Crippen LogP contribution in [-0.4, -0.2) is 48.9 Å². The summed E-state index contributed by atoms with van der Waals surface area (Å²) in [6, 6.07) is 10.9. The second-order valence-electron chi connectivity index (χ2n) is 6.92. The average molecular weight is 338 g/mol. The Morgan fingerprint density at radius 2 is 2.00 bits per heavy atom. The zero-order valence-corrected chi connectivity index (χ0v) is 14.9. The van der Waals surface area contributed by atoms with Crippen molar-refractivity contribution in [2.45, 2.75) is 32.2 Å². The highest BCUT2D eigenvalue weighted by molar-refractivity contribution is 5.51. The van der Waals surface area contributed by atoms with Crippen LogP contribution in [0.3, 0.4) is 0 Å². The summed E-state index contributed by atoms with van der Waals surface area (Å²) in [5.41, 5.74) is 3.81. The fraction of sp³-hybridized carbons (Fsp3) is 0.500. The van der Waals surface area contributed by atoms with E-state index in [9.17, 15) is 0 Å². The number of morpholine rings is 1. The molecule has 1 aromatic carbocycles. The van der Waals surface area contributed by atoms with E-state index in [1.165, 1.54) is 16.8 Å². The van der Waals surface area contributed by atoms with E-state index in [-0.39, 0.29) is 0 Å². The van der Waals surface area contributed by atoms with Gasteiger partial charge in [-0.15, -0.1) is 0 Å². The Morgan fingerprint density at radius 3 is 2.84 bits per heavy atom. The van der Waals surface area contributed by atoms with Gasteiger partial charge in [0, 0.05) is 31.5 Å². The first-order chi connectivity index (χ1) is 12.3. The molecule has 1 atom stereocenters. The molecule has 5 nitrogen and oxygen atoms in total. The highest BCUT2D eigenvalue weighted by Gasteiger charge is 2.26. The second kappa shape index (κ2) is 7.50. The molecule has 1 fully saturated rings. The van der Waals surface area contributed by atoms with Crippen LogP contribution in [-0.2, 0) is 24.0 Å². The smallest absolute Gasteiger partial charge is 0.136 e. The van der Waals surface area contributed by atoms with Gasteiger partial charge in [-0.25, -0.2) is 9.97 Å². The number of hydrogen-bond donors (Lipinski definition) is 1. The van der Waals surface area contributed by atoms with Crippen LogP contribution in [0, 0.1) is 0 Å². The van der Waals surface area contributed by atoms with E-state index in [0.717, 1.165) is 63.8 Å². The minimum Gasteiger partial charge on any atom is -0.377 e. The number of rotatable bonds is 3. The van der Waals surface area contributed by atoms with Gasteiger partial charge in [-0.2, -0.15) is 0 Å². The van der Waals surface area contributed by atoms with Crippen molar-refractivity contribution in [2.75, 3.05) is 37.7 Å². The molecule has 3 heterocycles. The molecule has 1 saturated heterocycles. The van der Waals surface area contributed by atoms with Crippen LogP contribution in [0.1, 0.15) is 29.6 Å². The molecule has 0 aliphatic carbocycles. The zero-order valence-electron chi connectivity index (χ0n) is 14.9. The number of benzene rings is 1. The third kappa shape index (κ3) is 3.67. The first-order valence-electron chi connectivity index (χ1n) is 9.29. The Kier molecular flexibility index (Phi) is 4.95. The molecule has 1 aromatic heterocycles. The maximum absolute atomic E-state index is 5.63. The predicted molar refractivity (Wildman–Crippen MR) is 99.2 cm³/mol. The summed E-state index contributed by atoms with van der Waals surface area (Å²) in [6.45, 7) is 6.66. The van der Waals surface area contributed by atoms with Crippen molar-refractivity contribution in [1.82, 2.24) is 15.3 Å². The van der Waals surface area contributed by atoms with Crippen molar-refractivity contribution < 1.29 is 4.74 Å². The van der Waals surface area contributed by atoms with Gasteiger partial charge in [0.25, 0.3) is 0 Å². The van der Waals surface area contributed by atoms with Crippen molar-refractivity contribution in [1.29, 1.82) is 0 Å². The third-order valence-electron chi connectivity index (χ3n) is 5.05. The zero-order chi connectivity index (χ0) is 17.1. The van der Waals surface area contributed by atoms with E-state index < -0.39 is 0 Å². The topological polar surface area (TPSA) is 50.3 Å². The van der Waals surface area contributed by atoms with Crippen molar-refractivity contribution in [3.63, 3.8) is 0 Å². The molecule has 2 aromatic rings. The third-order valence-corrected chi connectivity index (χ3v) is 5.05. The minimum absolute atomic E-state index is 0.355. The van der Waals surface area contributed by atoms with Gasteiger partial charge in [-0.3, -0.25) is 0 Å². The lowest BCUT2D eigenvalue weighted by molar-refractivity contribution is 0.0984. The van der Waals surface area contributed by atoms with Crippen LogP contribution in [0.5, 0.6) is 0 Å². The van der Waals surface area contributed by atoms with E-state index in [0.29, 0.717) is 6.04 Å². The molecule has 0 saturated carbocycles. The van der Waals surface area contributed by atoms with E-state index >= 15 is 0 Å². The van der Waals surface area contributed by atoms with E-state index in [2.05, 4.69) is 41.4 Å². The first-order valence-corrected chi connectivity index (χ1v) is 9.29. The van der Waals surface area contributed by atoms with Gasteiger partial charge in [0.1, 0.15) is 11.6 Å². The summed E-state index contributed by atoms with van der Waals surface area (Å²) in [5.74, 6) is 2.07. The lowest BCUT2D eigenvalue weighted by Crippen LogP contribution is -2.45. The van der Waals surface area contributed by atoms with Gasteiger partial charge in [0.2, 0.25) is 0 Å². The monoisotopic (exact) mass is 338 g/mol. The van der Waals surface area contributed by atoms with Gasteiger partial charge >= 0.3 is 0 Å². The van der Waals surface area contributed by atoms with Crippen molar-refractivity contribution in [3.05, 3.63) is 53.0 Å². The second-order valence-corrected chi connectivity index (χ2v) is 6.92. The largest absolute Gasteiger partial charge is 0.377 e. The van der Waals surface area contributed by atoms with Crippen LogP contribution >= 0.6 is 0 Å². The highest BCUT2D eigenvalue weighted by atomic mass is 16.5. The molecule has 2 aliphatic rings. The molecule has 5 heteroatoms. The molecule has 4 rings (SSSR count). The van der Waals surface area contributed by atoms with Crippen LogP contribution < -0.4 is 10.2 Å². The van der Waals surface area contributed by atoms with Gasteiger partial charge in [0.15, 0.2) is 0 Å².